The molecule has 0 spiro atoms. The van der Waals surface area contributed by atoms with Crippen molar-refractivity contribution in [2.75, 3.05) is 23.5 Å². The first kappa shape index (κ1) is 25.8. The van der Waals surface area contributed by atoms with Gasteiger partial charge in [0, 0.05) is 29.0 Å². The lowest BCUT2D eigenvalue weighted by Crippen LogP contribution is -2.40. The summed E-state index contributed by atoms with van der Waals surface area (Å²) in [5.74, 6) is 0.682. The number of aromatic nitrogens is 2. The molecule has 0 saturated carbocycles. The second-order valence-electron chi connectivity index (χ2n) is 7.19. The smallest absolute Gasteiger partial charge is 0.315 e. The third-order valence-corrected chi connectivity index (χ3v) is 5.24. The Balaban J connectivity index is 1.60. The Morgan fingerprint density at radius 3 is 2.80 bits per heavy atom. The number of carbonyl (C=O) groups is 1. The molecule has 4 N–H and O–H groups in total. The quantitative estimate of drug-likeness (QED) is 0.148. The number of para-hydroxylation sites is 1. The zero-order chi connectivity index (χ0) is 25.2. The molecule has 9 nitrogen and oxygen atoms in total. The Hall–Kier alpha value is -3.84. The zero-order valence-electron chi connectivity index (χ0n) is 18.7. The highest BCUT2D eigenvalue weighted by Crippen LogP contribution is 2.25. The minimum absolute atomic E-state index is 0.0760. The van der Waals surface area contributed by atoms with Crippen LogP contribution in [-0.2, 0) is 0 Å². The summed E-state index contributed by atoms with van der Waals surface area (Å²) in [5.41, 5.74) is 2.03. The van der Waals surface area contributed by atoms with Crippen LogP contribution >= 0.6 is 23.2 Å². The van der Waals surface area contributed by atoms with Crippen LogP contribution in [0.25, 0.3) is 0 Å². The lowest BCUT2D eigenvalue weighted by molar-refractivity contribution is 0.218. The van der Waals surface area contributed by atoms with Crippen LogP contribution in [0, 0.1) is 19.4 Å². The first-order chi connectivity index (χ1) is 16.9. The Bertz CT molecular complexity index is 1250. The number of aryl methyl sites for hydroxylation is 1. The summed E-state index contributed by atoms with van der Waals surface area (Å²) in [7, 11) is 0. The molecule has 0 aliphatic carbocycles. The van der Waals surface area contributed by atoms with E-state index in [2.05, 4.69) is 37.1 Å². The molecule has 1 aromatic heterocycles. The van der Waals surface area contributed by atoms with Gasteiger partial charge in [0.2, 0.25) is 5.95 Å². The number of halogens is 2. The van der Waals surface area contributed by atoms with E-state index < -0.39 is 12.1 Å². The van der Waals surface area contributed by atoms with Crippen molar-refractivity contribution >= 4 is 52.9 Å². The van der Waals surface area contributed by atoms with Gasteiger partial charge in [0.1, 0.15) is 0 Å². The Kier molecular flexibility index (Phi) is 9.26. The summed E-state index contributed by atoms with van der Waals surface area (Å²) >= 11 is 12.2. The highest BCUT2D eigenvalue weighted by Gasteiger charge is 2.14. The maximum absolute atomic E-state index is 12.2. The predicted octanol–water partition coefficient (Wildman–Crippen LogP) is 4.25. The van der Waals surface area contributed by atoms with E-state index in [0.29, 0.717) is 38.6 Å². The number of terminal acetylenes is 1. The Morgan fingerprint density at radius 2 is 2.09 bits per heavy atom. The standard InChI is InChI=1S/C24H23Cl2N7O2/c1-3-33(22-16(2)14-28-23(32-22)30-20-10-5-4-9-19(20)26)29-12-11-27-24(35)31-21(15-34)17-7-6-8-18(25)13-17/h1,4-10,12-14,21,34H,11,15H2,2H3,(H2,27,31,35)(H,28,30,32)/b29-12-/t21-/m1/s1. The van der Waals surface area contributed by atoms with E-state index in [1.54, 1.807) is 49.5 Å². The molecule has 180 valence electrons. The number of hydrogen-bond acceptors (Lipinski definition) is 7. The van der Waals surface area contributed by atoms with E-state index in [1.165, 1.54) is 11.2 Å². The van der Waals surface area contributed by atoms with E-state index in [9.17, 15) is 9.90 Å². The predicted molar refractivity (Wildman–Crippen MR) is 139 cm³/mol. The number of amides is 2. The van der Waals surface area contributed by atoms with Crippen LogP contribution in [0.5, 0.6) is 0 Å². The van der Waals surface area contributed by atoms with Crippen molar-refractivity contribution < 1.29 is 9.90 Å². The van der Waals surface area contributed by atoms with Gasteiger partial charge in [-0.3, -0.25) is 0 Å². The van der Waals surface area contributed by atoms with Crippen molar-refractivity contribution in [3.8, 4) is 12.5 Å². The lowest BCUT2D eigenvalue weighted by Gasteiger charge is -2.17. The number of nitrogens with zero attached hydrogens (tertiary/aromatic N) is 4. The van der Waals surface area contributed by atoms with Gasteiger partial charge in [-0.05, 0) is 36.8 Å². The fraction of sp³-hybridized carbons (Fsp3) is 0.167. The van der Waals surface area contributed by atoms with Crippen molar-refractivity contribution in [1.82, 2.24) is 20.6 Å². The highest BCUT2D eigenvalue weighted by atomic mass is 35.5. The van der Waals surface area contributed by atoms with Crippen LogP contribution in [0.2, 0.25) is 10.0 Å². The van der Waals surface area contributed by atoms with Crippen LogP contribution in [0.3, 0.4) is 0 Å². The SMILES string of the molecule is C#CN(/N=C\CNC(=O)N[C@H](CO)c1cccc(Cl)c1)c1nc(Nc2ccccc2Cl)ncc1C. The van der Waals surface area contributed by atoms with Gasteiger partial charge in [0.05, 0.1) is 29.9 Å². The molecule has 1 atom stereocenters. The van der Waals surface area contributed by atoms with Crippen molar-refractivity contribution in [2.24, 2.45) is 5.10 Å². The highest BCUT2D eigenvalue weighted by molar-refractivity contribution is 6.33. The molecule has 0 aliphatic rings. The molecule has 0 radical (unpaired) electrons. The van der Waals surface area contributed by atoms with E-state index in [1.807, 2.05) is 12.1 Å². The van der Waals surface area contributed by atoms with Crippen molar-refractivity contribution in [1.29, 1.82) is 0 Å². The molecule has 0 fully saturated rings. The third-order valence-electron chi connectivity index (χ3n) is 4.68. The summed E-state index contributed by atoms with van der Waals surface area (Å²) in [6, 6.07) is 15.4. The molecule has 3 aromatic rings. The number of aliphatic hydroxyl groups is 1. The van der Waals surface area contributed by atoms with Gasteiger partial charge < -0.3 is 21.1 Å². The minimum Gasteiger partial charge on any atom is -0.394 e. The summed E-state index contributed by atoms with van der Waals surface area (Å²) in [6.45, 7) is 1.59. The summed E-state index contributed by atoms with van der Waals surface area (Å²) in [5, 5.41) is 24.4. The first-order valence-corrected chi connectivity index (χ1v) is 11.2. The summed E-state index contributed by atoms with van der Waals surface area (Å²) in [4.78, 5) is 20.9. The van der Waals surface area contributed by atoms with Crippen LogP contribution in [0.4, 0.5) is 22.2 Å². The first-order valence-electron chi connectivity index (χ1n) is 10.5. The monoisotopic (exact) mass is 511 g/mol. The average Bonchev–Trinajstić information content (AvgIpc) is 2.85. The molecule has 2 aromatic carbocycles. The molecule has 2 amide bonds. The van der Waals surface area contributed by atoms with Gasteiger partial charge >= 0.3 is 6.03 Å². The topological polar surface area (TPSA) is 115 Å². The van der Waals surface area contributed by atoms with Crippen LogP contribution in [0.1, 0.15) is 17.2 Å². The Labute approximate surface area is 213 Å². The normalized spacial score (nSPS) is 11.5. The molecule has 3 rings (SSSR count). The van der Waals surface area contributed by atoms with E-state index in [0.717, 1.165) is 0 Å². The van der Waals surface area contributed by atoms with E-state index in [4.69, 9.17) is 29.6 Å². The number of hydrogen-bond donors (Lipinski definition) is 4. The number of benzene rings is 2. The number of rotatable bonds is 9. The summed E-state index contributed by atoms with van der Waals surface area (Å²) in [6.07, 6.45) is 8.66. The number of aliphatic hydroxyl groups excluding tert-OH is 1. The van der Waals surface area contributed by atoms with Crippen LogP contribution in [-0.4, -0.2) is 40.5 Å². The van der Waals surface area contributed by atoms with E-state index in [-0.39, 0.29) is 13.2 Å². The fourth-order valence-corrected chi connectivity index (χ4v) is 3.35. The largest absolute Gasteiger partial charge is 0.394 e. The summed E-state index contributed by atoms with van der Waals surface area (Å²) < 4.78 is 0. The van der Waals surface area contributed by atoms with E-state index >= 15 is 0 Å². The molecule has 1 heterocycles. The molecule has 0 unspecified atom stereocenters. The van der Waals surface area contributed by atoms with Crippen molar-refractivity contribution in [3.63, 3.8) is 0 Å². The second-order valence-corrected chi connectivity index (χ2v) is 8.03. The molecule has 0 bridgehead atoms. The van der Waals surface area contributed by atoms with Crippen LogP contribution in [0.15, 0.2) is 59.8 Å². The zero-order valence-corrected chi connectivity index (χ0v) is 20.3. The number of anilines is 3. The lowest BCUT2D eigenvalue weighted by atomic mass is 10.1. The van der Waals surface area contributed by atoms with Gasteiger partial charge in [-0.25, -0.2) is 9.78 Å². The van der Waals surface area contributed by atoms with Gasteiger partial charge in [-0.1, -0.05) is 53.9 Å². The maximum Gasteiger partial charge on any atom is 0.315 e. The number of urea groups is 1. The third kappa shape index (κ3) is 7.32. The molecular formula is C24H23Cl2N7O2. The van der Waals surface area contributed by atoms with Crippen molar-refractivity contribution in [3.05, 3.63) is 75.9 Å². The molecule has 11 heteroatoms. The van der Waals surface area contributed by atoms with Crippen LogP contribution < -0.4 is 21.0 Å². The van der Waals surface area contributed by atoms with Gasteiger partial charge in [0.25, 0.3) is 0 Å². The van der Waals surface area contributed by atoms with Crippen molar-refractivity contribution in [2.45, 2.75) is 13.0 Å². The van der Waals surface area contributed by atoms with Gasteiger partial charge in [0.15, 0.2) is 5.82 Å². The van der Waals surface area contributed by atoms with Gasteiger partial charge in [-0.2, -0.15) is 15.1 Å². The second kappa shape index (κ2) is 12.6. The number of hydrazone groups is 1. The molecule has 35 heavy (non-hydrogen) atoms. The molecular weight excluding hydrogens is 489 g/mol. The Morgan fingerprint density at radius 1 is 1.29 bits per heavy atom. The average molecular weight is 512 g/mol. The number of nitrogens with one attached hydrogen (secondary N) is 3. The fourth-order valence-electron chi connectivity index (χ4n) is 2.97. The molecule has 0 saturated heterocycles. The van der Waals surface area contributed by atoms with Gasteiger partial charge in [-0.15, -0.1) is 0 Å². The maximum atomic E-state index is 12.2. The minimum atomic E-state index is -0.611. The molecule has 0 aliphatic heterocycles. The number of carbonyl (C=O) groups excluding carboxylic acids is 1.